The van der Waals surface area contributed by atoms with E-state index in [-0.39, 0.29) is 26.4 Å². The minimum atomic E-state index is -0.583. The second kappa shape index (κ2) is 12.0. The summed E-state index contributed by atoms with van der Waals surface area (Å²) in [5.74, 6) is 1.87. The topological polar surface area (TPSA) is 73.9 Å². The van der Waals surface area contributed by atoms with Crippen LogP contribution in [0.25, 0.3) is 0 Å². The fraction of sp³-hybridized carbons (Fsp3) is 0.524. The maximum Gasteiger partial charge on any atom is 0.407 e. The summed E-state index contributed by atoms with van der Waals surface area (Å²) in [6.07, 6.45) is 0.480. The van der Waals surface area contributed by atoms with Crippen molar-refractivity contribution in [2.75, 3.05) is 26.4 Å². The van der Waals surface area contributed by atoms with Crippen LogP contribution < -0.4 is 10.1 Å². The van der Waals surface area contributed by atoms with Gasteiger partial charge in [0.2, 0.25) is 0 Å². The van der Waals surface area contributed by atoms with E-state index in [1.54, 1.807) is 0 Å². The largest absolute Gasteiger partial charge is 0.490 e. The fourth-order valence-corrected chi connectivity index (χ4v) is 3.03. The Morgan fingerprint density at radius 3 is 2.19 bits per heavy atom. The molecule has 0 saturated carbocycles. The molecule has 0 fully saturated rings. The van der Waals surface area contributed by atoms with Gasteiger partial charge >= 0.3 is 12.1 Å². The zero-order valence-electron chi connectivity index (χ0n) is 16.7. The van der Waals surface area contributed by atoms with Crippen LogP contribution in [0.2, 0.25) is 0 Å². The Labute approximate surface area is 161 Å². The van der Waals surface area contributed by atoms with Crippen molar-refractivity contribution < 1.29 is 23.8 Å². The Morgan fingerprint density at radius 1 is 1.00 bits per heavy atom. The van der Waals surface area contributed by atoms with Crippen molar-refractivity contribution in [1.82, 2.24) is 5.32 Å². The lowest BCUT2D eigenvalue weighted by Crippen LogP contribution is -2.29. The SMILES string of the molecule is C=CC(=O)OCCNC(=O)OCCOc1ccc(C(C(C)C)C(C)C)cc1. The number of hydrogen-bond acceptors (Lipinski definition) is 5. The number of esters is 1. The van der Waals surface area contributed by atoms with Gasteiger partial charge in [0.15, 0.2) is 0 Å². The van der Waals surface area contributed by atoms with Gasteiger partial charge in [-0.15, -0.1) is 0 Å². The maximum absolute atomic E-state index is 11.5. The summed E-state index contributed by atoms with van der Waals surface area (Å²) >= 11 is 0. The van der Waals surface area contributed by atoms with E-state index in [2.05, 4.69) is 51.7 Å². The first-order valence-electron chi connectivity index (χ1n) is 9.27. The van der Waals surface area contributed by atoms with Crippen molar-refractivity contribution in [3.63, 3.8) is 0 Å². The lowest BCUT2D eigenvalue weighted by molar-refractivity contribution is -0.137. The third-order valence-corrected chi connectivity index (χ3v) is 4.07. The fourth-order valence-electron chi connectivity index (χ4n) is 3.03. The number of nitrogens with one attached hydrogen (secondary N) is 1. The molecule has 0 aliphatic carbocycles. The molecular formula is C21H31NO5. The number of carbonyl (C=O) groups is 2. The molecule has 1 aromatic carbocycles. The molecule has 0 saturated heterocycles. The smallest absolute Gasteiger partial charge is 0.407 e. The normalized spacial score (nSPS) is 10.8. The first-order chi connectivity index (χ1) is 12.8. The summed E-state index contributed by atoms with van der Waals surface area (Å²) in [4.78, 5) is 22.3. The number of benzene rings is 1. The summed E-state index contributed by atoms with van der Waals surface area (Å²) in [5.41, 5.74) is 1.31. The molecular weight excluding hydrogens is 346 g/mol. The van der Waals surface area contributed by atoms with Gasteiger partial charge in [-0.2, -0.15) is 0 Å². The molecule has 0 heterocycles. The van der Waals surface area contributed by atoms with E-state index in [1.165, 1.54) is 5.56 Å². The van der Waals surface area contributed by atoms with Crippen molar-refractivity contribution in [2.45, 2.75) is 33.6 Å². The molecule has 0 aliphatic heterocycles. The van der Waals surface area contributed by atoms with Gasteiger partial charge in [-0.3, -0.25) is 0 Å². The lowest BCUT2D eigenvalue weighted by atomic mass is 9.80. The molecule has 150 valence electrons. The molecule has 6 heteroatoms. The summed E-state index contributed by atoms with van der Waals surface area (Å²) in [7, 11) is 0. The van der Waals surface area contributed by atoms with E-state index >= 15 is 0 Å². The zero-order valence-corrected chi connectivity index (χ0v) is 16.7. The van der Waals surface area contributed by atoms with Gasteiger partial charge in [-0.25, -0.2) is 9.59 Å². The monoisotopic (exact) mass is 377 g/mol. The van der Waals surface area contributed by atoms with E-state index in [0.717, 1.165) is 11.8 Å². The third-order valence-electron chi connectivity index (χ3n) is 4.07. The van der Waals surface area contributed by atoms with E-state index in [9.17, 15) is 9.59 Å². The number of rotatable bonds is 11. The van der Waals surface area contributed by atoms with Crippen LogP contribution in [0.3, 0.4) is 0 Å². The van der Waals surface area contributed by atoms with Crippen molar-refractivity contribution in [2.24, 2.45) is 11.8 Å². The molecule has 1 N–H and O–H groups in total. The molecule has 0 unspecified atom stereocenters. The summed E-state index contributed by atoms with van der Waals surface area (Å²) in [6, 6.07) is 8.08. The highest BCUT2D eigenvalue weighted by Gasteiger charge is 2.19. The molecule has 27 heavy (non-hydrogen) atoms. The molecule has 0 spiro atoms. The summed E-state index contributed by atoms with van der Waals surface area (Å²) in [6.45, 7) is 12.9. The second-order valence-corrected chi connectivity index (χ2v) is 6.87. The molecule has 0 atom stereocenters. The quantitative estimate of drug-likeness (QED) is 0.359. The number of amides is 1. The highest BCUT2D eigenvalue weighted by Crippen LogP contribution is 2.32. The van der Waals surface area contributed by atoms with Crippen LogP contribution in [0.15, 0.2) is 36.9 Å². The van der Waals surface area contributed by atoms with Crippen molar-refractivity contribution >= 4 is 12.1 Å². The Hall–Kier alpha value is -2.50. The highest BCUT2D eigenvalue weighted by atomic mass is 16.6. The molecule has 0 aromatic heterocycles. The predicted octanol–water partition coefficient (Wildman–Crippen LogP) is 3.92. The molecule has 0 bridgehead atoms. The molecule has 0 aliphatic rings. The summed E-state index contributed by atoms with van der Waals surface area (Å²) in [5, 5.41) is 2.47. The van der Waals surface area contributed by atoms with Crippen molar-refractivity contribution in [1.29, 1.82) is 0 Å². The van der Waals surface area contributed by atoms with Gasteiger partial charge < -0.3 is 19.5 Å². The number of hydrogen-bond donors (Lipinski definition) is 1. The Kier molecular flexibility index (Phi) is 10.0. The van der Waals surface area contributed by atoms with E-state index < -0.39 is 12.1 Å². The van der Waals surface area contributed by atoms with Crippen LogP contribution >= 0.6 is 0 Å². The van der Waals surface area contributed by atoms with E-state index in [0.29, 0.717) is 17.8 Å². The van der Waals surface area contributed by atoms with Crippen LogP contribution in [0.1, 0.15) is 39.2 Å². The van der Waals surface area contributed by atoms with Gasteiger partial charge in [0.25, 0.3) is 0 Å². The van der Waals surface area contributed by atoms with Crippen LogP contribution in [0.5, 0.6) is 5.75 Å². The van der Waals surface area contributed by atoms with E-state index in [4.69, 9.17) is 14.2 Å². The maximum atomic E-state index is 11.5. The van der Waals surface area contributed by atoms with E-state index in [1.807, 2.05) is 12.1 Å². The van der Waals surface area contributed by atoms with Gasteiger partial charge in [-0.1, -0.05) is 46.4 Å². The van der Waals surface area contributed by atoms with Crippen LogP contribution in [0.4, 0.5) is 4.79 Å². The van der Waals surface area contributed by atoms with Gasteiger partial charge in [0, 0.05) is 6.08 Å². The standard InChI is InChI=1S/C21H31NO5/c1-6-19(23)26-12-11-22-21(24)27-14-13-25-18-9-7-17(8-10-18)20(15(2)3)16(4)5/h6-10,15-16,20H,1,11-14H2,2-5H3,(H,22,24). The van der Waals surface area contributed by atoms with Gasteiger partial charge in [0.05, 0.1) is 6.54 Å². The average molecular weight is 377 g/mol. The van der Waals surface area contributed by atoms with Crippen LogP contribution in [-0.4, -0.2) is 38.4 Å². The van der Waals surface area contributed by atoms with Gasteiger partial charge in [0.1, 0.15) is 25.6 Å². The van der Waals surface area contributed by atoms with Crippen LogP contribution in [0, 0.1) is 11.8 Å². The lowest BCUT2D eigenvalue weighted by Gasteiger charge is -2.25. The number of alkyl carbamates (subject to hydrolysis) is 1. The van der Waals surface area contributed by atoms with Crippen molar-refractivity contribution in [3.8, 4) is 5.75 Å². The Balaban J connectivity index is 2.27. The zero-order chi connectivity index (χ0) is 20.2. The Morgan fingerprint density at radius 2 is 1.63 bits per heavy atom. The molecule has 0 radical (unpaired) electrons. The first kappa shape index (κ1) is 22.5. The molecule has 1 aromatic rings. The third kappa shape index (κ3) is 8.62. The van der Waals surface area contributed by atoms with Gasteiger partial charge in [-0.05, 0) is 35.4 Å². The van der Waals surface area contributed by atoms with Crippen LogP contribution in [-0.2, 0) is 14.3 Å². The second-order valence-electron chi connectivity index (χ2n) is 6.87. The first-order valence-corrected chi connectivity index (χ1v) is 9.27. The molecule has 6 nitrogen and oxygen atoms in total. The molecule has 1 rings (SSSR count). The average Bonchev–Trinajstić information content (AvgIpc) is 2.62. The van der Waals surface area contributed by atoms with Crippen molar-refractivity contribution in [3.05, 3.63) is 42.5 Å². The number of carbonyl (C=O) groups excluding carboxylic acids is 2. The molecule has 1 amide bonds. The Bertz CT molecular complexity index is 587. The minimum Gasteiger partial charge on any atom is -0.490 e. The predicted molar refractivity (Wildman–Crippen MR) is 105 cm³/mol. The summed E-state index contributed by atoms with van der Waals surface area (Å²) < 4.78 is 15.3. The number of ether oxygens (including phenoxy) is 3. The highest BCUT2D eigenvalue weighted by molar-refractivity contribution is 5.81. The minimum absolute atomic E-state index is 0.0660.